The molecule has 4 aliphatic heterocycles. The zero-order valence-corrected chi connectivity index (χ0v) is 41.0. The van der Waals surface area contributed by atoms with Gasteiger partial charge in [0.25, 0.3) is 11.7 Å². The molecule has 4 aromatic rings. The molecule has 9 atom stereocenters. The van der Waals surface area contributed by atoms with Crippen molar-refractivity contribution in [3.05, 3.63) is 119 Å². The summed E-state index contributed by atoms with van der Waals surface area (Å²) >= 11 is 0. The van der Waals surface area contributed by atoms with Crippen LogP contribution in [0.5, 0.6) is 0 Å². The number of hydrogen-bond donors (Lipinski definition) is 2. The van der Waals surface area contributed by atoms with Crippen LogP contribution in [0.3, 0.4) is 0 Å². The number of carbonyl (C=O) groups is 4. The summed E-state index contributed by atoms with van der Waals surface area (Å²) in [6.07, 6.45) is 10.4. The first-order valence-electron chi connectivity index (χ1n) is 24.6. The van der Waals surface area contributed by atoms with Crippen LogP contribution in [0.2, 0.25) is 0 Å². The van der Waals surface area contributed by atoms with E-state index in [1.165, 1.54) is 35.0 Å². The van der Waals surface area contributed by atoms with Gasteiger partial charge in [0, 0.05) is 29.2 Å². The number of amides is 2. The first-order valence-corrected chi connectivity index (χ1v) is 24.6. The SMILES string of the molecule is COC(=O)[C@@]1(OCCn2cc(-c3ccc(F)cc3)nn2)CC(O)=C2C(O1)[C@]13OC(C)(C)OC1(CNC(=O)C1=CC(C)C(C)(OC(=O)c4ccccc4)C(C)=C1)C1C3[N+]21C(=O)Cn1cc(C2CCCCC2)nn1. The van der Waals surface area contributed by atoms with E-state index in [-0.39, 0.29) is 49.5 Å². The number of quaternary nitrogens is 1. The zero-order valence-electron chi connectivity index (χ0n) is 41.0. The molecular formula is C52H58FN8O11+. The number of benzene rings is 2. The third-order valence-electron chi connectivity index (χ3n) is 16.2. The van der Waals surface area contributed by atoms with Crippen molar-refractivity contribution in [2.75, 3.05) is 20.3 Å². The fraction of sp³-hybridized carbons (Fsp3) is 0.500. The summed E-state index contributed by atoms with van der Waals surface area (Å²) in [4.78, 5) is 57.0. The maximum atomic E-state index is 15.3. The van der Waals surface area contributed by atoms with E-state index in [1.807, 2.05) is 33.0 Å². The van der Waals surface area contributed by atoms with E-state index >= 15 is 4.79 Å². The Kier molecular flexibility index (Phi) is 11.4. The Bertz CT molecular complexity index is 2970. The molecule has 11 rings (SSSR count). The van der Waals surface area contributed by atoms with E-state index in [4.69, 9.17) is 28.4 Å². The van der Waals surface area contributed by atoms with Crippen molar-refractivity contribution in [2.45, 2.75) is 139 Å². The van der Waals surface area contributed by atoms with Gasteiger partial charge >= 0.3 is 17.8 Å². The van der Waals surface area contributed by atoms with Gasteiger partial charge in [0.2, 0.25) is 5.60 Å². The number of fused-ring (bicyclic) bond motifs is 4. The Morgan fingerprint density at radius 3 is 2.40 bits per heavy atom. The number of methoxy groups -OCH3 is 1. The average molecular weight is 990 g/mol. The fourth-order valence-electron chi connectivity index (χ4n) is 12.7. The number of halogens is 1. The van der Waals surface area contributed by atoms with Crippen LogP contribution in [-0.4, -0.2) is 130 Å². The number of piperidine rings is 2. The lowest BCUT2D eigenvalue weighted by Crippen LogP contribution is -2.79. The summed E-state index contributed by atoms with van der Waals surface area (Å²) in [5.74, 6) is -6.65. The van der Waals surface area contributed by atoms with Gasteiger partial charge in [-0.15, -0.1) is 10.2 Å². The molecule has 378 valence electrons. The smallest absolute Gasteiger partial charge is 0.367 e. The lowest BCUT2D eigenvalue weighted by atomic mass is 9.61. The van der Waals surface area contributed by atoms with Gasteiger partial charge < -0.3 is 38.8 Å². The molecule has 2 N–H and O–H groups in total. The Balaban J connectivity index is 0.905. The van der Waals surface area contributed by atoms with Crippen molar-refractivity contribution >= 4 is 23.8 Å². The molecule has 19 nitrogen and oxygen atoms in total. The largest absolute Gasteiger partial charge is 0.506 e. The molecule has 0 radical (unpaired) electrons. The highest BCUT2D eigenvalue weighted by Crippen LogP contribution is 2.82. The molecular weight excluding hydrogens is 932 g/mol. The Morgan fingerprint density at radius 2 is 1.68 bits per heavy atom. The van der Waals surface area contributed by atoms with Crippen molar-refractivity contribution in [1.29, 1.82) is 0 Å². The number of esters is 2. The molecule has 3 aliphatic carbocycles. The van der Waals surface area contributed by atoms with Crippen LogP contribution < -0.4 is 5.32 Å². The van der Waals surface area contributed by atoms with Gasteiger partial charge in [-0.05, 0) is 88.6 Å². The molecule has 7 aliphatic rings. The van der Waals surface area contributed by atoms with E-state index in [0.717, 1.165) is 31.4 Å². The predicted molar refractivity (Wildman–Crippen MR) is 250 cm³/mol. The summed E-state index contributed by atoms with van der Waals surface area (Å²) < 4.78 is 54.8. The van der Waals surface area contributed by atoms with Crippen LogP contribution in [-0.2, 0) is 55.9 Å². The van der Waals surface area contributed by atoms with Crippen molar-refractivity contribution in [3.63, 3.8) is 0 Å². The highest BCUT2D eigenvalue weighted by molar-refractivity contribution is 5.97. The monoisotopic (exact) mass is 989 g/mol. The molecule has 2 aromatic heterocycles. The third kappa shape index (κ3) is 7.14. The summed E-state index contributed by atoms with van der Waals surface area (Å²) in [7, 11) is 1.18. The Morgan fingerprint density at radius 1 is 0.944 bits per heavy atom. The first-order chi connectivity index (χ1) is 34.4. The molecule has 5 fully saturated rings. The second kappa shape index (κ2) is 17.1. The van der Waals surface area contributed by atoms with Gasteiger partial charge in [0.15, 0.2) is 47.6 Å². The van der Waals surface area contributed by atoms with Gasteiger partial charge in [0.1, 0.15) is 17.1 Å². The Labute approximate surface area is 414 Å². The molecule has 72 heavy (non-hydrogen) atoms. The molecule has 6 heterocycles. The van der Waals surface area contributed by atoms with Crippen LogP contribution >= 0.6 is 0 Å². The standard InChI is InChI=1S/C52H57FN8O11/c1-30-23-35(24-31(2)49(30,5)70-46(65)34-15-11-8-12-16-34)45(64)54-29-50-42-43-52(50,72-48(3,4)71-50)44-41(61(42,43)40(63)28-60-27-38(56-58-60)32-13-9-7-10-14-32)39(62)25-51(69-44,47(66)67-6)68-22-21-59-26-37(55-57-59)33-17-19-36(53)20-18-33/h8,11-12,15-20,23-24,26-27,30,32,42-44H,7,9-10,13-14,21-22,25,28-29H2,1-6H3,(H-,54,62,64)/p+1/t30?,42?,43?,44?,49?,50?,51-,52+,61?/m1/s1. The summed E-state index contributed by atoms with van der Waals surface area (Å²) in [5, 5.41) is 32.7. The normalized spacial score (nSPS) is 32.9. The van der Waals surface area contributed by atoms with Crippen LogP contribution in [0.25, 0.3) is 11.3 Å². The molecule has 7 unspecified atom stereocenters. The van der Waals surface area contributed by atoms with Gasteiger partial charge in [-0.1, -0.05) is 60.9 Å². The van der Waals surface area contributed by atoms with Crippen LogP contribution in [0.4, 0.5) is 4.39 Å². The minimum absolute atomic E-state index is 0.0764. The zero-order chi connectivity index (χ0) is 50.6. The third-order valence-corrected chi connectivity index (χ3v) is 16.2. The number of nitrogens with one attached hydrogen (secondary N) is 1. The number of aromatic nitrogens is 6. The van der Waals surface area contributed by atoms with Crippen LogP contribution in [0, 0.1) is 11.7 Å². The fourth-order valence-corrected chi connectivity index (χ4v) is 12.7. The number of aliphatic hydroxyl groups is 1. The van der Waals surface area contributed by atoms with E-state index in [9.17, 15) is 23.9 Å². The summed E-state index contributed by atoms with van der Waals surface area (Å²) in [6.45, 7) is 8.47. The molecule has 2 saturated carbocycles. The maximum absolute atomic E-state index is 15.3. The summed E-state index contributed by atoms with van der Waals surface area (Å²) in [6, 6.07) is 13.2. The summed E-state index contributed by atoms with van der Waals surface area (Å²) in [5.41, 5.74) is -0.515. The minimum atomic E-state index is -2.24. The van der Waals surface area contributed by atoms with Crippen molar-refractivity contribution in [1.82, 2.24) is 35.3 Å². The first kappa shape index (κ1) is 47.9. The van der Waals surface area contributed by atoms with E-state index in [0.29, 0.717) is 28.0 Å². The van der Waals surface area contributed by atoms with Crippen molar-refractivity contribution in [3.8, 4) is 11.3 Å². The van der Waals surface area contributed by atoms with E-state index < -0.39 is 87.0 Å². The molecule has 1 spiro atoms. The average Bonchev–Trinajstić information content (AvgIpc) is 3.75. The predicted octanol–water partition coefficient (Wildman–Crippen LogP) is 5.50. The molecule has 2 amide bonds. The molecule has 3 saturated heterocycles. The molecule has 0 bridgehead atoms. The highest BCUT2D eigenvalue weighted by Gasteiger charge is 3.10. The lowest BCUT2D eigenvalue weighted by Gasteiger charge is -2.51. The molecule has 20 heteroatoms. The van der Waals surface area contributed by atoms with Crippen LogP contribution in [0.15, 0.2) is 102 Å². The van der Waals surface area contributed by atoms with Gasteiger partial charge in [-0.3, -0.25) is 4.79 Å². The van der Waals surface area contributed by atoms with Gasteiger partial charge in [-0.25, -0.2) is 32.6 Å². The van der Waals surface area contributed by atoms with Crippen molar-refractivity contribution in [2.24, 2.45) is 5.92 Å². The van der Waals surface area contributed by atoms with E-state index in [2.05, 4.69) is 25.9 Å². The topological polar surface area (TPSA) is 217 Å². The second-order valence-corrected chi connectivity index (χ2v) is 20.8. The number of nitrogens with zero attached hydrogens (tertiary/aromatic N) is 7. The quantitative estimate of drug-likeness (QED) is 0.0906. The maximum Gasteiger partial charge on any atom is 0.367 e. The number of carbonyl (C=O) groups excluding carboxylic acids is 4. The minimum Gasteiger partial charge on any atom is -0.506 e. The number of rotatable bonds is 14. The van der Waals surface area contributed by atoms with Gasteiger partial charge in [0.05, 0.1) is 50.7 Å². The van der Waals surface area contributed by atoms with E-state index in [1.54, 1.807) is 68.6 Å². The Hall–Kier alpha value is -6.45. The van der Waals surface area contributed by atoms with Gasteiger partial charge in [-0.2, -0.15) is 0 Å². The number of aliphatic hydroxyl groups excluding tert-OH is 1. The van der Waals surface area contributed by atoms with Crippen molar-refractivity contribution < 1.29 is 61.6 Å². The highest BCUT2D eigenvalue weighted by atomic mass is 19.1. The number of ether oxygens (including phenoxy) is 6. The second-order valence-electron chi connectivity index (χ2n) is 20.8. The number of hydrogen-bond acceptors (Lipinski definition) is 15. The molecule has 2 aromatic carbocycles. The lowest BCUT2D eigenvalue weighted by molar-refractivity contribution is -0.703. The van der Waals surface area contributed by atoms with Crippen LogP contribution in [0.1, 0.15) is 95.1 Å².